The highest BCUT2D eigenvalue weighted by Gasteiger charge is 2.16. The molecule has 0 unspecified atom stereocenters. The van der Waals surface area contributed by atoms with E-state index in [4.69, 9.17) is 9.47 Å². The third kappa shape index (κ3) is 4.69. The number of aromatic nitrogens is 3. The van der Waals surface area contributed by atoms with Crippen molar-refractivity contribution in [2.45, 2.75) is 4.90 Å². The summed E-state index contributed by atoms with van der Waals surface area (Å²) in [6.07, 6.45) is 2.83. The SMILES string of the molecule is CS(=O)(=O)c1ccc(Oc2cc3[nH]c(-c4ccccn4)nc3cc2Oc2ccccc2C#N)cc1. The normalized spacial score (nSPS) is 11.2. The maximum Gasteiger partial charge on any atom is 0.175 e. The standard InChI is InChI=1S/C26H18N4O4S/c1-35(31,32)19-11-9-18(10-12-19)33-24-14-21-22(30-26(29-21)20-7-4-5-13-28-20)15-25(24)34-23-8-3-2-6-17(23)16-27/h2-15H,1H3,(H,29,30). The largest absolute Gasteiger partial charge is 0.453 e. The Morgan fingerprint density at radius 3 is 2.34 bits per heavy atom. The van der Waals surface area contributed by atoms with Crippen molar-refractivity contribution in [3.05, 3.63) is 90.6 Å². The van der Waals surface area contributed by atoms with Gasteiger partial charge in [0.2, 0.25) is 0 Å². The van der Waals surface area contributed by atoms with E-state index in [0.29, 0.717) is 51.1 Å². The topological polar surface area (TPSA) is 118 Å². The molecule has 0 bridgehead atoms. The van der Waals surface area contributed by atoms with E-state index in [1.807, 2.05) is 18.2 Å². The van der Waals surface area contributed by atoms with E-state index < -0.39 is 9.84 Å². The molecule has 0 spiro atoms. The summed E-state index contributed by atoms with van der Waals surface area (Å²) in [7, 11) is -3.33. The molecule has 2 aromatic heterocycles. The van der Waals surface area contributed by atoms with Gasteiger partial charge >= 0.3 is 0 Å². The first-order chi connectivity index (χ1) is 16.9. The quantitative estimate of drug-likeness (QED) is 0.340. The number of nitriles is 1. The van der Waals surface area contributed by atoms with Gasteiger partial charge in [-0.15, -0.1) is 0 Å². The van der Waals surface area contributed by atoms with Gasteiger partial charge in [-0.3, -0.25) is 4.98 Å². The number of rotatable bonds is 6. The van der Waals surface area contributed by atoms with Crippen LogP contribution in [0.3, 0.4) is 0 Å². The average Bonchev–Trinajstić information content (AvgIpc) is 3.28. The number of benzene rings is 3. The number of aromatic amines is 1. The Balaban J connectivity index is 1.59. The first kappa shape index (κ1) is 22.1. The Labute approximate surface area is 201 Å². The predicted octanol–water partition coefficient (Wildman–Crippen LogP) is 5.48. The lowest BCUT2D eigenvalue weighted by atomic mass is 10.2. The van der Waals surface area contributed by atoms with Crippen LogP contribution in [0.5, 0.6) is 23.0 Å². The second-order valence-corrected chi connectivity index (χ2v) is 9.69. The molecule has 35 heavy (non-hydrogen) atoms. The van der Waals surface area contributed by atoms with Gasteiger partial charge in [0.25, 0.3) is 0 Å². The number of hydrogen-bond donors (Lipinski definition) is 1. The van der Waals surface area contributed by atoms with Crippen molar-refractivity contribution < 1.29 is 17.9 Å². The predicted molar refractivity (Wildman–Crippen MR) is 130 cm³/mol. The molecule has 0 saturated heterocycles. The van der Waals surface area contributed by atoms with Gasteiger partial charge in [-0.25, -0.2) is 13.4 Å². The van der Waals surface area contributed by atoms with Gasteiger partial charge in [-0.1, -0.05) is 18.2 Å². The van der Waals surface area contributed by atoms with Crippen molar-refractivity contribution in [2.24, 2.45) is 0 Å². The van der Waals surface area contributed by atoms with E-state index in [-0.39, 0.29) is 4.90 Å². The molecule has 3 aromatic carbocycles. The molecule has 0 saturated carbocycles. The smallest absolute Gasteiger partial charge is 0.175 e. The Kier molecular flexibility index (Phi) is 5.65. The van der Waals surface area contributed by atoms with Crippen LogP contribution in [0.15, 0.2) is 90.0 Å². The summed E-state index contributed by atoms with van der Waals surface area (Å²) < 4.78 is 35.7. The second-order valence-electron chi connectivity index (χ2n) is 7.67. The molecule has 0 aliphatic heterocycles. The number of fused-ring (bicyclic) bond motifs is 1. The second kappa shape index (κ2) is 8.93. The van der Waals surface area contributed by atoms with Crippen molar-refractivity contribution in [1.29, 1.82) is 5.26 Å². The van der Waals surface area contributed by atoms with E-state index in [9.17, 15) is 13.7 Å². The monoisotopic (exact) mass is 482 g/mol. The van der Waals surface area contributed by atoms with Gasteiger partial charge in [0, 0.05) is 24.6 Å². The zero-order valence-corrected chi connectivity index (χ0v) is 19.3. The van der Waals surface area contributed by atoms with Gasteiger partial charge in [0.15, 0.2) is 27.2 Å². The molecule has 9 heteroatoms. The lowest BCUT2D eigenvalue weighted by Gasteiger charge is -2.13. The fraction of sp³-hybridized carbons (Fsp3) is 0.0385. The Hall–Kier alpha value is -4.68. The van der Waals surface area contributed by atoms with Crippen molar-refractivity contribution in [3.63, 3.8) is 0 Å². The summed E-state index contributed by atoms with van der Waals surface area (Å²) in [6.45, 7) is 0. The van der Waals surface area contributed by atoms with E-state index in [1.165, 1.54) is 12.1 Å². The fourth-order valence-corrected chi connectivity index (χ4v) is 4.08. The molecule has 5 rings (SSSR count). The molecule has 0 radical (unpaired) electrons. The van der Waals surface area contributed by atoms with Gasteiger partial charge in [0.05, 0.1) is 21.5 Å². The van der Waals surface area contributed by atoms with Crippen LogP contribution in [0.25, 0.3) is 22.6 Å². The zero-order chi connectivity index (χ0) is 24.4. The first-order valence-corrected chi connectivity index (χ1v) is 12.4. The van der Waals surface area contributed by atoms with Crippen LogP contribution >= 0.6 is 0 Å². The molecule has 2 heterocycles. The van der Waals surface area contributed by atoms with Gasteiger partial charge in [0.1, 0.15) is 23.3 Å². The summed E-state index contributed by atoms with van der Waals surface area (Å²) in [6, 6.07) is 24.1. The molecule has 0 aliphatic carbocycles. The Morgan fingerprint density at radius 2 is 1.63 bits per heavy atom. The van der Waals surface area contributed by atoms with Crippen LogP contribution in [-0.2, 0) is 9.84 Å². The average molecular weight is 483 g/mol. The van der Waals surface area contributed by atoms with Crippen molar-refractivity contribution >= 4 is 20.9 Å². The molecule has 0 aliphatic rings. The maximum atomic E-state index is 11.8. The number of H-pyrrole nitrogens is 1. The molecule has 0 fully saturated rings. The van der Waals surface area contributed by atoms with Crippen LogP contribution in [0, 0.1) is 11.3 Å². The number of nitrogens with zero attached hydrogens (tertiary/aromatic N) is 3. The fourth-order valence-electron chi connectivity index (χ4n) is 3.45. The van der Waals surface area contributed by atoms with Crippen LogP contribution < -0.4 is 9.47 Å². The lowest BCUT2D eigenvalue weighted by Crippen LogP contribution is -1.97. The number of para-hydroxylation sites is 1. The van der Waals surface area contributed by atoms with Crippen LogP contribution in [-0.4, -0.2) is 29.6 Å². The van der Waals surface area contributed by atoms with E-state index in [0.717, 1.165) is 6.26 Å². The van der Waals surface area contributed by atoms with Crippen molar-refractivity contribution in [2.75, 3.05) is 6.26 Å². The maximum absolute atomic E-state index is 11.8. The van der Waals surface area contributed by atoms with Crippen LogP contribution in [0.2, 0.25) is 0 Å². The Morgan fingerprint density at radius 1 is 0.886 bits per heavy atom. The van der Waals surface area contributed by atoms with Crippen LogP contribution in [0.1, 0.15) is 5.56 Å². The highest BCUT2D eigenvalue weighted by atomic mass is 32.2. The zero-order valence-electron chi connectivity index (χ0n) is 18.5. The summed E-state index contributed by atoms with van der Waals surface area (Å²) in [4.78, 5) is 12.4. The van der Waals surface area contributed by atoms with E-state index >= 15 is 0 Å². The van der Waals surface area contributed by atoms with Gasteiger partial charge in [-0.05, 0) is 48.5 Å². The molecule has 8 nitrogen and oxygen atoms in total. The molecule has 0 atom stereocenters. The molecule has 5 aromatic rings. The number of sulfone groups is 1. The lowest BCUT2D eigenvalue weighted by molar-refractivity contribution is 0.419. The Bertz CT molecular complexity index is 1670. The van der Waals surface area contributed by atoms with Gasteiger partial charge < -0.3 is 14.5 Å². The third-order valence-electron chi connectivity index (χ3n) is 5.16. The van der Waals surface area contributed by atoms with Crippen molar-refractivity contribution in [1.82, 2.24) is 15.0 Å². The summed E-state index contributed by atoms with van der Waals surface area (Å²) in [5.74, 6) is 2.06. The minimum Gasteiger partial charge on any atom is -0.453 e. The number of ether oxygens (including phenoxy) is 2. The van der Waals surface area contributed by atoms with Crippen LogP contribution in [0.4, 0.5) is 0 Å². The molecule has 1 N–H and O–H groups in total. The van der Waals surface area contributed by atoms with Gasteiger partial charge in [-0.2, -0.15) is 5.26 Å². The highest BCUT2D eigenvalue weighted by Crippen LogP contribution is 2.39. The first-order valence-electron chi connectivity index (χ1n) is 10.5. The molecule has 172 valence electrons. The molecule has 0 amide bonds. The summed E-state index contributed by atoms with van der Waals surface area (Å²) >= 11 is 0. The number of nitrogens with one attached hydrogen (secondary N) is 1. The molecular weight excluding hydrogens is 464 g/mol. The summed E-state index contributed by atoms with van der Waals surface area (Å²) in [5.41, 5.74) is 2.36. The summed E-state index contributed by atoms with van der Waals surface area (Å²) in [5, 5.41) is 9.46. The highest BCUT2D eigenvalue weighted by molar-refractivity contribution is 7.90. The third-order valence-corrected chi connectivity index (χ3v) is 6.29. The van der Waals surface area contributed by atoms with Crippen molar-refractivity contribution in [3.8, 4) is 40.6 Å². The minimum absolute atomic E-state index is 0.188. The number of pyridine rings is 1. The molecular formula is C26H18N4O4S. The van der Waals surface area contributed by atoms with E-state index in [1.54, 1.807) is 54.7 Å². The minimum atomic E-state index is -3.33. The number of imidazole rings is 1. The number of hydrogen-bond acceptors (Lipinski definition) is 7. The van der Waals surface area contributed by atoms with E-state index in [2.05, 4.69) is 21.0 Å².